The fourth-order valence-corrected chi connectivity index (χ4v) is 0.453. The van der Waals surface area contributed by atoms with Crippen molar-refractivity contribution in [2.24, 2.45) is 0 Å². The largest absolute Gasteiger partial charge is 0.508 e. The Morgan fingerprint density at radius 1 is 0.778 bits per heavy atom. The summed E-state index contributed by atoms with van der Waals surface area (Å²) in [6.07, 6.45) is 0. The molecule has 3 heteroatoms. The van der Waals surface area contributed by atoms with Crippen molar-refractivity contribution in [3.05, 3.63) is 24.3 Å². The maximum Gasteiger partial charge on any atom is 0.115 e. The molecule has 1 rings (SSSR count). The maximum absolute atomic E-state index is 8.65. The van der Waals surface area contributed by atoms with E-state index < -0.39 is 0 Å². The molecule has 0 spiro atoms. The van der Waals surface area contributed by atoms with Crippen LogP contribution in [0.5, 0.6) is 11.5 Å². The molecule has 0 saturated carbocycles. The molecule has 0 saturated heterocycles. The Labute approximate surface area is 68.7 Å². The maximum atomic E-state index is 8.65. The van der Waals surface area contributed by atoms with Crippen LogP contribution >= 0.6 is 0 Å². The van der Waals surface area contributed by atoms with E-state index in [1.807, 2.05) is 0 Å². The molecule has 53 valence electrons. The second-order valence-electron chi connectivity index (χ2n) is 1.52. The first-order valence-corrected chi connectivity index (χ1v) is 2.27. The first-order chi connectivity index (χ1) is 3.79. The van der Waals surface area contributed by atoms with E-state index >= 15 is 0 Å². The Bertz CT molecular complexity index is 150. The van der Waals surface area contributed by atoms with Crippen LogP contribution < -0.4 is 0 Å². The van der Waals surface area contributed by atoms with Gasteiger partial charge >= 0.3 is 0 Å². The summed E-state index contributed by atoms with van der Waals surface area (Å²) in [5.74, 6) is 0.339. The van der Waals surface area contributed by atoms with Gasteiger partial charge in [-0.3, -0.25) is 0 Å². The van der Waals surface area contributed by atoms with Crippen LogP contribution in [0.25, 0.3) is 0 Å². The van der Waals surface area contributed by atoms with Gasteiger partial charge in [0.05, 0.1) is 0 Å². The number of phenolic OH excluding ortho intramolecular Hbond substituents is 2. The minimum absolute atomic E-state index is 0. The van der Waals surface area contributed by atoms with Crippen molar-refractivity contribution in [3.8, 4) is 11.5 Å². The number of phenols is 2. The molecule has 0 aliphatic heterocycles. The number of rotatable bonds is 0. The van der Waals surface area contributed by atoms with E-state index in [1.165, 1.54) is 24.3 Å². The quantitative estimate of drug-likeness (QED) is 0.505. The van der Waals surface area contributed by atoms with Crippen molar-refractivity contribution in [3.63, 3.8) is 0 Å². The molecular formula is C6H6AgO2. The van der Waals surface area contributed by atoms with E-state index in [0.29, 0.717) is 0 Å². The Morgan fingerprint density at radius 3 is 1.22 bits per heavy atom. The normalized spacial score (nSPS) is 8.00. The van der Waals surface area contributed by atoms with Crippen LogP contribution in [0.4, 0.5) is 0 Å². The van der Waals surface area contributed by atoms with Crippen LogP contribution in [0, 0.1) is 0 Å². The monoisotopic (exact) mass is 217 g/mol. The van der Waals surface area contributed by atoms with Crippen LogP contribution in [0.2, 0.25) is 0 Å². The number of hydrogen-bond acceptors (Lipinski definition) is 2. The Hall–Kier alpha value is -0.440. The van der Waals surface area contributed by atoms with Crippen molar-refractivity contribution in [1.29, 1.82) is 0 Å². The first-order valence-electron chi connectivity index (χ1n) is 2.27. The molecule has 0 aliphatic rings. The molecule has 0 unspecified atom stereocenters. The number of hydrogen-bond donors (Lipinski definition) is 2. The van der Waals surface area contributed by atoms with E-state index in [1.54, 1.807) is 0 Å². The Kier molecular flexibility index (Phi) is 3.39. The fraction of sp³-hybridized carbons (Fsp3) is 0. The van der Waals surface area contributed by atoms with Crippen LogP contribution in [0.3, 0.4) is 0 Å². The van der Waals surface area contributed by atoms with Gasteiger partial charge in [0, 0.05) is 22.4 Å². The van der Waals surface area contributed by atoms with Crippen molar-refractivity contribution < 1.29 is 32.6 Å². The summed E-state index contributed by atoms with van der Waals surface area (Å²) >= 11 is 0. The third-order valence-corrected chi connectivity index (χ3v) is 0.850. The van der Waals surface area contributed by atoms with Gasteiger partial charge in [0.15, 0.2) is 0 Å². The average molecular weight is 218 g/mol. The van der Waals surface area contributed by atoms with Gasteiger partial charge in [0.2, 0.25) is 0 Å². The van der Waals surface area contributed by atoms with E-state index in [9.17, 15) is 0 Å². The zero-order valence-electron chi connectivity index (χ0n) is 4.51. The second kappa shape index (κ2) is 3.56. The van der Waals surface area contributed by atoms with Crippen LogP contribution in [-0.4, -0.2) is 10.2 Å². The van der Waals surface area contributed by atoms with Gasteiger partial charge in [0.25, 0.3) is 0 Å². The molecule has 0 aliphatic carbocycles. The summed E-state index contributed by atoms with van der Waals surface area (Å²) in [4.78, 5) is 0. The summed E-state index contributed by atoms with van der Waals surface area (Å²) in [5.41, 5.74) is 0. The smallest absolute Gasteiger partial charge is 0.115 e. The zero-order valence-corrected chi connectivity index (χ0v) is 5.99. The molecule has 1 aromatic rings. The van der Waals surface area contributed by atoms with Crippen LogP contribution in [0.1, 0.15) is 0 Å². The summed E-state index contributed by atoms with van der Waals surface area (Å²) in [7, 11) is 0. The van der Waals surface area contributed by atoms with E-state index in [2.05, 4.69) is 0 Å². The molecule has 0 amide bonds. The summed E-state index contributed by atoms with van der Waals surface area (Å²) < 4.78 is 0. The molecule has 0 aromatic heterocycles. The summed E-state index contributed by atoms with van der Waals surface area (Å²) in [5, 5.41) is 17.3. The molecule has 0 heterocycles. The van der Waals surface area contributed by atoms with Crippen molar-refractivity contribution >= 4 is 0 Å². The standard InChI is InChI=1S/C6H6O2.Ag/c7-5-1-2-6(8)4-3-5;/h1-4,7-8H;. The van der Waals surface area contributed by atoms with E-state index in [0.717, 1.165) is 0 Å². The van der Waals surface area contributed by atoms with Gasteiger partial charge in [-0.15, -0.1) is 0 Å². The second-order valence-corrected chi connectivity index (χ2v) is 1.52. The van der Waals surface area contributed by atoms with E-state index in [4.69, 9.17) is 10.2 Å². The van der Waals surface area contributed by atoms with Gasteiger partial charge in [-0.05, 0) is 24.3 Å². The Balaban J connectivity index is 0.000000640. The third kappa shape index (κ3) is 2.56. The zero-order chi connectivity index (χ0) is 5.98. The molecule has 1 radical (unpaired) electrons. The molecule has 0 atom stereocenters. The minimum Gasteiger partial charge on any atom is -0.508 e. The van der Waals surface area contributed by atoms with E-state index in [-0.39, 0.29) is 33.9 Å². The molecule has 9 heavy (non-hydrogen) atoms. The molecule has 0 fully saturated rings. The SMILES string of the molecule is Oc1ccc(O)cc1.[Ag]. The van der Waals surface area contributed by atoms with Gasteiger partial charge in [-0.1, -0.05) is 0 Å². The number of benzene rings is 1. The predicted molar refractivity (Wildman–Crippen MR) is 29.8 cm³/mol. The van der Waals surface area contributed by atoms with Gasteiger partial charge in [0.1, 0.15) is 11.5 Å². The van der Waals surface area contributed by atoms with Crippen LogP contribution in [0.15, 0.2) is 24.3 Å². The average Bonchev–Trinajstić information content (AvgIpc) is 1.77. The summed E-state index contributed by atoms with van der Waals surface area (Å²) in [6, 6.07) is 5.70. The fourth-order valence-electron chi connectivity index (χ4n) is 0.453. The molecule has 0 bridgehead atoms. The molecule has 2 nitrogen and oxygen atoms in total. The van der Waals surface area contributed by atoms with Crippen molar-refractivity contribution in [2.75, 3.05) is 0 Å². The Morgan fingerprint density at radius 2 is 1.00 bits per heavy atom. The van der Waals surface area contributed by atoms with Gasteiger partial charge in [-0.25, -0.2) is 0 Å². The van der Waals surface area contributed by atoms with Gasteiger partial charge < -0.3 is 10.2 Å². The van der Waals surface area contributed by atoms with Gasteiger partial charge in [-0.2, -0.15) is 0 Å². The molecule has 2 N–H and O–H groups in total. The summed E-state index contributed by atoms with van der Waals surface area (Å²) in [6.45, 7) is 0. The predicted octanol–water partition coefficient (Wildman–Crippen LogP) is 1.10. The first kappa shape index (κ1) is 8.56. The number of aromatic hydroxyl groups is 2. The molecule has 1 aromatic carbocycles. The van der Waals surface area contributed by atoms with Crippen molar-refractivity contribution in [2.45, 2.75) is 0 Å². The minimum atomic E-state index is 0. The van der Waals surface area contributed by atoms with Crippen molar-refractivity contribution in [1.82, 2.24) is 0 Å². The topological polar surface area (TPSA) is 40.5 Å². The molecular weight excluding hydrogens is 212 g/mol. The van der Waals surface area contributed by atoms with Crippen LogP contribution in [-0.2, 0) is 22.4 Å². The third-order valence-electron chi connectivity index (χ3n) is 0.850.